The van der Waals surface area contributed by atoms with Gasteiger partial charge in [0.2, 0.25) is 0 Å². The van der Waals surface area contributed by atoms with Crippen LogP contribution in [-0.2, 0) is 4.74 Å². The summed E-state index contributed by atoms with van der Waals surface area (Å²) in [6, 6.07) is 0. The van der Waals surface area contributed by atoms with Crippen LogP contribution < -0.4 is 0 Å². The van der Waals surface area contributed by atoms with Gasteiger partial charge in [-0.15, -0.1) is 6.58 Å². The topological polar surface area (TPSA) is 29.5 Å². The predicted molar refractivity (Wildman–Crippen MR) is 95.2 cm³/mol. The second-order valence-corrected chi connectivity index (χ2v) is 8.07. The van der Waals surface area contributed by atoms with Gasteiger partial charge in [-0.2, -0.15) is 0 Å². The molecule has 1 heterocycles. The second kappa shape index (κ2) is 8.48. The van der Waals surface area contributed by atoms with E-state index in [1.54, 1.807) is 0 Å². The van der Waals surface area contributed by atoms with E-state index in [4.69, 9.17) is 4.74 Å². The van der Waals surface area contributed by atoms with Crippen LogP contribution in [0.3, 0.4) is 0 Å². The molecule has 2 atom stereocenters. The Morgan fingerprint density at radius 1 is 0.739 bits per heavy atom. The van der Waals surface area contributed by atoms with Gasteiger partial charge in [-0.05, 0) is 87.9 Å². The molecule has 3 rings (SSSR count). The maximum atomic E-state index is 9.59. The zero-order valence-electron chi connectivity index (χ0n) is 14.5. The van der Waals surface area contributed by atoms with Crippen LogP contribution in [0.25, 0.3) is 0 Å². The van der Waals surface area contributed by atoms with Crippen molar-refractivity contribution >= 4 is 0 Å². The maximum absolute atomic E-state index is 9.59. The molecule has 2 unspecified atom stereocenters. The van der Waals surface area contributed by atoms with Crippen LogP contribution in [0, 0.1) is 23.7 Å². The number of hydrogen-bond donors (Lipinski definition) is 1. The van der Waals surface area contributed by atoms with Crippen molar-refractivity contribution in [3.05, 3.63) is 24.8 Å². The second-order valence-electron chi connectivity index (χ2n) is 8.07. The van der Waals surface area contributed by atoms with Gasteiger partial charge in [0.05, 0.1) is 18.8 Å². The van der Waals surface area contributed by atoms with E-state index in [0.717, 1.165) is 43.1 Å². The molecule has 0 spiro atoms. The van der Waals surface area contributed by atoms with Crippen LogP contribution in [0.5, 0.6) is 0 Å². The summed E-state index contributed by atoms with van der Waals surface area (Å²) >= 11 is 0. The third-order valence-corrected chi connectivity index (χ3v) is 6.49. The maximum Gasteiger partial charge on any atom is 0.0753 e. The van der Waals surface area contributed by atoms with Crippen molar-refractivity contribution in [2.45, 2.75) is 76.4 Å². The number of aliphatic hydroxyl groups is 1. The fraction of sp³-hybridized carbons (Fsp3) is 0.810. The molecule has 2 heteroatoms. The SMILES string of the molecule is C=CC1CCC(C2CCC(/C=C/C3CCC(O)CC3)CC2)CO1. The van der Waals surface area contributed by atoms with Gasteiger partial charge in [0.25, 0.3) is 0 Å². The summed E-state index contributed by atoms with van der Waals surface area (Å²) in [6.45, 7) is 4.80. The van der Waals surface area contributed by atoms with Crippen molar-refractivity contribution < 1.29 is 9.84 Å². The third-order valence-electron chi connectivity index (χ3n) is 6.49. The van der Waals surface area contributed by atoms with E-state index in [-0.39, 0.29) is 6.10 Å². The van der Waals surface area contributed by atoms with Crippen LogP contribution in [0.15, 0.2) is 24.8 Å². The van der Waals surface area contributed by atoms with E-state index in [9.17, 15) is 5.11 Å². The highest BCUT2D eigenvalue weighted by Gasteiger charge is 2.30. The molecule has 0 aromatic carbocycles. The molecular formula is C21H34O2. The van der Waals surface area contributed by atoms with E-state index in [2.05, 4.69) is 18.7 Å². The number of ether oxygens (including phenoxy) is 1. The van der Waals surface area contributed by atoms with Crippen LogP contribution in [0.1, 0.15) is 64.2 Å². The summed E-state index contributed by atoms with van der Waals surface area (Å²) in [5.74, 6) is 3.19. The molecule has 3 aliphatic rings. The first-order valence-electron chi connectivity index (χ1n) is 9.85. The molecule has 3 fully saturated rings. The van der Waals surface area contributed by atoms with Gasteiger partial charge in [-0.1, -0.05) is 18.2 Å². The van der Waals surface area contributed by atoms with Gasteiger partial charge >= 0.3 is 0 Å². The molecule has 0 amide bonds. The first-order chi connectivity index (χ1) is 11.2. The van der Waals surface area contributed by atoms with Crippen molar-refractivity contribution in [2.75, 3.05) is 6.61 Å². The van der Waals surface area contributed by atoms with Crippen molar-refractivity contribution in [2.24, 2.45) is 23.7 Å². The van der Waals surface area contributed by atoms with Gasteiger partial charge in [0, 0.05) is 0 Å². The van der Waals surface area contributed by atoms with Crippen molar-refractivity contribution in [1.82, 2.24) is 0 Å². The third kappa shape index (κ3) is 4.93. The number of aliphatic hydroxyl groups excluding tert-OH is 1. The van der Waals surface area contributed by atoms with E-state index >= 15 is 0 Å². The average Bonchev–Trinajstić information content (AvgIpc) is 2.62. The van der Waals surface area contributed by atoms with Gasteiger partial charge < -0.3 is 9.84 Å². The van der Waals surface area contributed by atoms with E-state index in [1.807, 2.05) is 6.08 Å². The van der Waals surface area contributed by atoms with Crippen LogP contribution in [-0.4, -0.2) is 23.9 Å². The molecule has 130 valence electrons. The van der Waals surface area contributed by atoms with Gasteiger partial charge in [0.1, 0.15) is 0 Å². The van der Waals surface area contributed by atoms with Gasteiger partial charge in [-0.3, -0.25) is 0 Å². The molecule has 0 aromatic rings. The lowest BCUT2D eigenvalue weighted by atomic mass is 9.73. The molecular weight excluding hydrogens is 284 g/mol. The van der Waals surface area contributed by atoms with Crippen LogP contribution in [0.2, 0.25) is 0 Å². The molecule has 2 saturated carbocycles. The van der Waals surface area contributed by atoms with Crippen molar-refractivity contribution in [1.29, 1.82) is 0 Å². The molecule has 2 aliphatic carbocycles. The Hall–Kier alpha value is -0.600. The summed E-state index contributed by atoms with van der Waals surface area (Å²) in [5, 5.41) is 9.59. The van der Waals surface area contributed by atoms with Crippen LogP contribution in [0.4, 0.5) is 0 Å². The minimum atomic E-state index is -0.0338. The van der Waals surface area contributed by atoms with E-state index < -0.39 is 0 Å². The number of allylic oxidation sites excluding steroid dienone is 2. The average molecular weight is 319 g/mol. The largest absolute Gasteiger partial charge is 0.393 e. The smallest absolute Gasteiger partial charge is 0.0753 e. The fourth-order valence-electron chi connectivity index (χ4n) is 4.77. The highest BCUT2D eigenvalue weighted by molar-refractivity contribution is 4.97. The highest BCUT2D eigenvalue weighted by atomic mass is 16.5. The molecule has 1 saturated heterocycles. The first kappa shape index (κ1) is 17.2. The molecule has 1 aliphatic heterocycles. The fourth-order valence-corrected chi connectivity index (χ4v) is 4.77. The van der Waals surface area contributed by atoms with E-state index in [1.165, 1.54) is 51.4 Å². The predicted octanol–water partition coefficient (Wildman–Crippen LogP) is 4.88. The Kier molecular flexibility index (Phi) is 6.36. The zero-order chi connectivity index (χ0) is 16.1. The van der Waals surface area contributed by atoms with Crippen LogP contribution >= 0.6 is 0 Å². The quantitative estimate of drug-likeness (QED) is 0.748. The molecule has 2 nitrogen and oxygen atoms in total. The summed E-state index contributed by atoms with van der Waals surface area (Å²) in [7, 11) is 0. The first-order valence-corrected chi connectivity index (χ1v) is 9.85. The monoisotopic (exact) mass is 318 g/mol. The normalized spacial score (nSPS) is 42.7. The standard InChI is InChI=1S/C21H34O2/c1-2-21-14-11-19(15-23-21)18-9-5-16(6-10-18)3-4-17-7-12-20(22)13-8-17/h2-4,16-22H,1,5-15H2/b4-3+. The molecule has 0 bridgehead atoms. The Bertz CT molecular complexity index is 379. The molecule has 23 heavy (non-hydrogen) atoms. The Balaban J connectivity index is 1.38. The summed E-state index contributed by atoms with van der Waals surface area (Å²) in [5.41, 5.74) is 0. The Morgan fingerprint density at radius 3 is 1.83 bits per heavy atom. The minimum Gasteiger partial charge on any atom is -0.393 e. The number of hydrogen-bond acceptors (Lipinski definition) is 2. The number of rotatable bonds is 4. The zero-order valence-corrected chi connectivity index (χ0v) is 14.5. The summed E-state index contributed by atoms with van der Waals surface area (Å²) < 4.78 is 5.90. The summed E-state index contributed by atoms with van der Waals surface area (Å²) in [6.07, 6.45) is 19.5. The minimum absolute atomic E-state index is 0.0338. The Labute approximate surface area is 142 Å². The molecule has 0 radical (unpaired) electrons. The lowest BCUT2D eigenvalue weighted by molar-refractivity contribution is -0.0153. The molecule has 1 N–H and O–H groups in total. The van der Waals surface area contributed by atoms with Gasteiger partial charge in [0.15, 0.2) is 0 Å². The van der Waals surface area contributed by atoms with Gasteiger partial charge in [-0.25, -0.2) is 0 Å². The lowest BCUT2D eigenvalue weighted by Gasteiger charge is -2.36. The lowest BCUT2D eigenvalue weighted by Crippen LogP contribution is -2.31. The van der Waals surface area contributed by atoms with E-state index in [0.29, 0.717) is 6.10 Å². The van der Waals surface area contributed by atoms with Crippen molar-refractivity contribution in [3.63, 3.8) is 0 Å². The summed E-state index contributed by atoms with van der Waals surface area (Å²) in [4.78, 5) is 0. The van der Waals surface area contributed by atoms with Crippen molar-refractivity contribution in [3.8, 4) is 0 Å². The Morgan fingerprint density at radius 2 is 1.30 bits per heavy atom. The molecule has 0 aromatic heterocycles. The highest BCUT2D eigenvalue weighted by Crippen LogP contribution is 2.38.